The fourth-order valence-corrected chi connectivity index (χ4v) is 1.85. The summed E-state index contributed by atoms with van der Waals surface area (Å²) in [6.45, 7) is 1.40. The van der Waals surface area contributed by atoms with Crippen LogP contribution in [0.15, 0.2) is 48.5 Å². The SMILES string of the molecule is CNCc1ccc(COc2ccc(C(=N)N)cc2)cc1. The monoisotopic (exact) mass is 269 g/mol. The number of hydrogen-bond donors (Lipinski definition) is 3. The quantitative estimate of drug-likeness (QED) is 0.556. The molecular formula is C16H19N3O. The zero-order valence-corrected chi connectivity index (χ0v) is 11.5. The summed E-state index contributed by atoms with van der Waals surface area (Å²) >= 11 is 0. The van der Waals surface area contributed by atoms with Crippen molar-refractivity contribution in [1.82, 2.24) is 5.32 Å². The predicted octanol–water partition coefficient (Wildman–Crippen LogP) is 2.27. The lowest BCUT2D eigenvalue weighted by atomic mass is 10.1. The minimum atomic E-state index is 0.0664. The molecule has 0 aliphatic heterocycles. The van der Waals surface area contributed by atoms with Crippen LogP contribution in [0.3, 0.4) is 0 Å². The van der Waals surface area contributed by atoms with Gasteiger partial charge in [-0.05, 0) is 42.4 Å². The Morgan fingerprint density at radius 3 is 2.20 bits per heavy atom. The second-order valence-electron chi connectivity index (χ2n) is 4.57. The van der Waals surface area contributed by atoms with Gasteiger partial charge in [-0.15, -0.1) is 0 Å². The van der Waals surface area contributed by atoms with Crippen molar-refractivity contribution in [3.8, 4) is 5.75 Å². The smallest absolute Gasteiger partial charge is 0.122 e. The summed E-state index contributed by atoms with van der Waals surface area (Å²) in [6.07, 6.45) is 0. The molecule has 0 aliphatic carbocycles. The van der Waals surface area contributed by atoms with E-state index in [1.807, 2.05) is 19.2 Å². The van der Waals surface area contributed by atoms with Gasteiger partial charge in [-0.25, -0.2) is 0 Å². The van der Waals surface area contributed by atoms with Crippen LogP contribution in [0.5, 0.6) is 5.75 Å². The van der Waals surface area contributed by atoms with Gasteiger partial charge in [0.15, 0.2) is 0 Å². The largest absolute Gasteiger partial charge is 0.489 e. The Balaban J connectivity index is 1.92. The number of nitrogen functional groups attached to an aromatic ring is 1. The number of nitrogens with two attached hydrogens (primary N) is 1. The molecule has 0 saturated heterocycles. The van der Waals surface area contributed by atoms with E-state index < -0.39 is 0 Å². The number of nitrogens with one attached hydrogen (secondary N) is 2. The van der Waals surface area contributed by atoms with E-state index in [0.29, 0.717) is 12.2 Å². The van der Waals surface area contributed by atoms with Crippen LogP contribution in [0.1, 0.15) is 16.7 Å². The van der Waals surface area contributed by atoms with E-state index in [9.17, 15) is 0 Å². The first-order chi connectivity index (χ1) is 9.69. The molecule has 0 aromatic heterocycles. The molecule has 2 rings (SSSR count). The first kappa shape index (κ1) is 14.1. The molecule has 0 spiro atoms. The highest BCUT2D eigenvalue weighted by Gasteiger charge is 1.99. The minimum absolute atomic E-state index is 0.0664. The first-order valence-electron chi connectivity index (χ1n) is 6.48. The number of rotatable bonds is 6. The van der Waals surface area contributed by atoms with Crippen LogP contribution in [-0.2, 0) is 13.2 Å². The molecule has 0 bridgehead atoms. The summed E-state index contributed by atoms with van der Waals surface area (Å²) in [5, 5.41) is 10.4. The predicted molar refractivity (Wildman–Crippen MR) is 81.0 cm³/mol. The molecule has 0 atom stereocenters. The lowest BCUT2D eigenvalue weighted by Gasteiger charge is -2.08. The third-order valence-electron chi connectivity index (χ3n) is 2.97. The van der Waals surface area contributed by atoms with Crippen molar-refractivity contribution in [2.24, 2.45) is 5.73 Å². The second-order valence-corrected chi connectivity index (χ2v) is 4.57. The highest BCUT2D eigenvalue weighted by Crippen LogP contribution is 2.14. The van der Waals surface area contributed by atoms with Crippen molar-refractivity contribution in [3.63, 3.8) is 0 Å². The maximum atomic E-state index is 7.33. The van der Waals surface area contributed by atoms with E-state index in [1.165, 1.54) is 5.56 Å². The first-order valence-corrected chi connectivity index (χ1v) is 6.48. The summed E-state index contributed by atoms with van der Waals surface area (Å²) in [5.41, 5.74) is 8.48. The normalized spacial score (nSPS) is 10.2. The van der Waals surface area contributed by atoms with Gasteiger partial charge in [-0.3, -0.25) is 5.41 Å². The van der Waals surface area contributed by atoms with E-state index in [2.05, 4.69) is 29.6 Å². The lowest BCUT2D eigenvalue weighted by molar-refractivity contribution is 0.306. The maximum Gasteiger partial charge on any atom is 0.122 e. The summed E-state index contributed by atoms with van der Waals surface area (Å²) in [5.74, 6) is 0.839. The van der Waals surface area contributed by atoms with E-state index in [4.69, 9.17) is 15.9 Å². The average molecular weight is 269 g/mol. The topological polar surface area (TPSA) is 71.1 Å². The molecule has 0 saturated carbocycles. The van der Waals surface area contributed by atoms with E-state index in [-0.39, 0.29) is 5.84 Å². The van der Waals surface area contributed by atoms with Gasteiger partial charge < -0.3 is 15.8 Å². The Morgan fingerprint density at radius 1 is 1.05 bits per heavy atom. The molecule has 0 fully saturated rings. The molecule has 2 aromatic rings. The van der Waals surface area contributed by atoms with Crippen LogP contribution in [-0.4, -0.2) is 12.9 Å². The molecule has 104 valence electrons. The van der Waals surface area contributed by atoms with Crippen molar-refractivity contribution < 1.29 is 4.74 Å². The van der Waals surface area contributed by atoms with E-state index in [0.717, 1.165) is 17.9 Å². The van der Waals surface area contributed by atoms with Gasteiger partial charge in [-0.2, -0.15) is 0 Å². The molecular weight excluding hydrogens is 250 g/mol. The van der Waals surface area contributed by atoms with Crippen molar-refractivity contribution >= 4 is 5.84 Å². The Morgan fingerprint density at radius 2 is 1.65 bits per heavy atom. The third kappa shape index (κ3) is 3.83. The molecule has 0 radical (unpaired) electrons. The number of amidine groups is 1. The number of hydrogen-bond acceptors (Lipinski definition) is 3. The van der Waals surface area contributed by atoms with Crippen molar-refractivity contribution in [2.75, 3.05) is 7.05 Å². The van der Waals surface area contributed by atoms with Crippen LogP contribution in [0.2, 0.25) is 0 Å². The van der Waals surface area contributed by atoms with Gasteiger partial charge in [0.05, 0.1) is 0 Å². The van der Waals surface area contributed by atoms with Gasteiger partial charge >= 0.3 is 0 Å². The molecule has 0 aliphatic rings. The molecule has 4 nitrogen and oxygen atoms in total. The Hall–Kier alpha value is -2.33. The lowest BCUT2D eigenvalue weighted by Crippen LogP contribution is -2.10. The molecule has 0 heterocycles. The van der Waals surface area contributed by atoms with Crippen molar-refractivity contribution in [2.45, 2.75) is 13.2 Å². The fourth-order valence-electron chi connectivity index (χ4n) is 1.85. The van der Waals surface area contributed by atoms with Crippen LogP contribution in [0, 0.1) is 5.41 Å². The average Bonchev–Trinajstić information content (AvgIpc) is 2.47. The molecule has 0 amide bonds. The van der Waals surface area contributed by atoms with E-state index >= 15 is 0 Å². The summed E-state index contributed by atoms with van der Waals surface area (Å²) < 4.78 is 5.70. The van der Waals surface area contributed by atoms with Gasteiger partial charge in [0, 0.05) is 12.1 Å². The summed E-state index contributed by atoms with van der Waals surface area (Å²) in [6, 6.07) is 15.5. The highest BCUT2D eigenvalue weighted by molar-refractivity contribution is 5.94. The van der Waals surface area contributed by atoms with Crippen LogP contribution >= 0.6 is 0 Å². The second kappa shape index (κ2) is 6.73. The highest BCUT2D eigenvalue weighted by atomic mass is 16.5. The van der Waals surface area contributed by atoms with Crippen LogP contribution in [0.25, 0.3) is 0 Å². The molecule has 4 N–H and O–H groups in total. The zero-order valence-electron chi connectivity index (χ0n) is 11.5. The summed E-state index contributed by atoms with van der Waals surface area (Å²) in [4.78, 5) is 0. The molecule has 0 unspecified atom stereocenters. The zero-order chi connectivity index (χ0) is 14.4. The third-order valence-corrected chi connectivity index (χ3v) is 2.97. The van der Waals surface area contributed by atoms with Gasteiger partial charge in [0.1, 0.15) is 18.2 Å². The van der Waals surface area contributed by atoms with Crippen LogP contribution < -0.4 is 15.8 Å². The van der Waals surface area contributed by atoms with Crippen molar-refractivity contribution in [1.29, 1.82) is 5.41 Å². The Labute approximate surface area is 119 Å². The molecule has 4 heteroatoms. The Kier molecular flexibility index (Phi) is 4.74. The van der Waals surface area contributed by atoms with Crippen LogP contribution in [0.4, 0.5) is 0 Å². The van der Waals surface area contributed by atoms with Crippen molar-refractivity contribution in [3.05, 3.63) is 65.2 Å². The number of ether oxygens (including phenoxy) is 1. The molecule has 2 aromatic carbocycles. The van der Waals surface area contributed by atoms with E-state index in [1.54, 1.807) is 12.1 Å². The number of benzene rings is 2. The van der Waals surface area contributed by atoms with Gasteiger partial charge in [-0.1, -0.05) is 24.3 Å². The van der Waals surface area contributed by atoms with Gasteiger partial charge in [0.2, 0.25) is 0 Å². The molecule has 20 heavy (non-hydrogen) atoms. The van der Waals surface area contributed by atoms with Gasteiger partial charge in [0.25, 0.3) is 0 Å². The Bertz CT molecular complexity index is 561. The summed E-state index contributed by atoms with van der Waals surface area (Å²) in [7, 11) is 1.93. The maximum absolute atomic E-state index is 7.33. The standard InChI is InChI=1S/C16H19N3O/c1-19-10-12-2-4-13(5-3-12)11-20-15-8-6-14(7-9-15)16(17)18/h2-9,19H,10-11H2,1H3,(H3,17,18). The fraction of sp³-hybridized carbons (Fsp3) is 0.188. The minimum Gasteiger partial charge on any atom is -0.489 e.